The number of anilines is 1. The van der Waals surface area contributed by atoms with E-state index in [4.69, 9.17) is 4.74 Å². The van der Waals surface area contributed by atoms with Gasteiger partial charge in [0.25, 0.3) is 5.91 Å². The molecule has 2 atom stereocenters. The minimum absolute atomic E-state index is 0.422. The van der Waals surface area contributed by atoms with Gasteiger partial charge in [-0.25, -0.2) is 4.79 Å². The van der Waals surface area contributed by atoms with Crippen LogP contribution in [0.5, 0.6) is 0 Å². The summed E-state index contributed by atoms with van der Waals surface area (Å²) in [5.41, 5.74) is 2.99. The molecule has 200 valence electrons. The lowest BCUT2D eigenvalue weighted by atomic mass is 9.98. The van der Waals surface area contributed by atoms with Gasteiger partial charge in [-0.3, -0.25) is 9.59 Å². The van der Waals surface area contributed by atoms with E-state index in [-0.39, 0.29) is 0 Å². The zero-order valence-corrected chi connectivity index (χ0v) is 22.8. The number of aliphatic hydroxyl groups is 1. The third-order valence-corrected chi connectivity index (χ3v) is 5.70. The van der Waals surface area contributed by atoms with Gasteiger partial charge < -0.3 is 25.4 Å². The number of para-hydroxylation sites is 1. The van der Waals surface area contributed by atoms with E-state index in [1.807, 2.05) is 38.1 Å². The van der Waals surface area contributed by atoms with Crippen LogP contribution in [0.3, 0.4) is 0 Å². The van der Waals surface area contributed by atoms with Gasteiger partial charge in [-0.15, -0.1) is 0 Å². The van der Waals surface area contributed by atoms with E-state index in [1.165, 1.54) is 4.90 Å². The van der Waals surface area contributed by atoms with Gasteiger partial charge >= 0.3 is 6.09 Å². The average molecular weight is 510 g/mol. The Morgan fingerprint density at radius 2 is 1.68 bits per heavy atom. The molecule has 37 heavy (non-hydrogen) atoms. The van der Waals surface area contributed by atoms with Crippen LogP contribution in [0, 0.1) is 13.8 Å². The van der Waals surface area contributed by atoms with Crippen molar-refractivity contribution in [3.8, 4) is 0 Å². The molecule has 0 aliphatic carbocycles. The summed E-state index contributed by atoms with van der Waals surface area (Å²) < 4.78 is 5.27. The van der Waals surface area contributed by atoms with Gasteiger partial charge in [0.1, 0.15) is 17.7 Å². The van der Waals surface area contributed by atoms with Crippen molar-refractivity contribution in [3.05, 3.63) is 71.3 Å². The summed E-state index contributed by atoms with van der Waals surface area (Å²) in [5, 5.41) is 15.5. The average Bonchev–Trinajstić information content (AvgIpc) is 2.81. The lowest BCUT2D eigenvalue weighted by molar-refractivity contribution is -0.143. The van der Waals surface area contributed by atoms with E-state index < -0.39 is 48.2 Å². The van der Waals surface area contributed by atoms with Crippen LogP contribution in [0.1, 0.15) is 62.9 Å². The van der Waals surface area contributed by atoms with Crippen LogP contribution in [-0.4, -0.2) is 52.2 Å². The molecular weight excluding hydrogens is 470 g/mol. The summed E-state index contributed by atoms with van der Waals surface area (Å²) in [6, 6.07) is 10.1. The normalized spacial score (nSPS) is 12.9. The summed E-state index contributed by atoms with van der Waals surface area (Å²) >= 11 is 0. The van der Waals surface area contributed by atoms with E-state index in [9.17, 15) is 19.5 Å². The lowest BCUT2D eigenvalue weighted by Gasteiger charge is -2.37. The zero-order valence-electron chi connectivity index (χ0n) is 22.8. The Morgan fingerprint density at radius 3 is 2.19 bits per heavy atom. The molecule has 2 aromatic rings. The Hall–Kier alpha value is -3.65. The fourth-order valence-corrected chi connectivity index (χ4v) is 3.99. The number of nitrogens with one attached hydrogen (secondary N) is 2. The van der Waals surface area contributed by atoms with Crippen LogP contribution in [-0.2, 0) is 14.3 Å². The number of nitrogens with zero attached hydrogens (tertiary/aromatic N) is 1. The molecule has 0 heterocycles. The predicted molar refractivity (Wildman–Crippen MR) is 146 cm³/mol. The van der Waals surface area contributed by atoms with Crippen molar-refractivity contribution >= 4 is 29.7 Å². The molecule has 0 fully saturated rings. The highest BCUT2D eigenvalue weighted by atomic mass is 16.6. The second kappa shape index (κ2) is 12.5. The Labute approximate surface area is 219 Å². The maximum atomic E-state index is 13.9. The zero-order chi connectivity index (χ0) is 27.9. The van der Waals surface area contributed by atoms with Gasteiger partial charge in [0.2, 0.25) is 5.91 Å². The number of benzene rings is 2. The molecule has 8 heteroatoms. The van der Waals surface area contributed by atoms with E-state index in [0.29, 0.717) is 11.3 Å². The van der Waals surface area contributed by atoms with Crippen LogP contribution in [0.4, 0.5) is 10.5 Å². The first-order valence-electron chi connectivity index (χ1n) is 12.3. The third kappa shape index (κ3) is 7.92. The molecule has 2 unspecified atom stereocenters. The first kappa shape index (κ1) is 29.6. The van der Waals surface area contributed by atoms with Crippen LogP contribution >= 0.6 is 0 Å². The molecule has 0 aliphatic rings. The van der Waals surface area contributed by atoms with Crippen molar-refractivity contribution in [1.82, 2.24) is 10.2 Å². The highest BCUT2D eigenvalue weighted by Crippen LogP contribution is 2.29. The van der Waals surface area contributed by atoms with Crippen LogP contribution in [0.15, 0.2) is 49.0 Å². The van der Waals surface area contributed by atoms with Gasteiger partial charge in [-0.1, -0.05) is 49.1 Å². The molecular formula is C29H39N3O5. The number of hydrogen-bond donors (Lipinski definition) is 3. The van der Waals surface area contributed by atoms with Crippen molar-refractivity contribution < 1.29 is 24.2 Å². The van der Waals surface area contributed by atoms with Gasteiger partial charge in [0.15, 0.2) is 0 Å². The first-order valence-corrected chi connectivity index (χ1v) is 12.3. The SMILES string of the molecule is C=Cc1cccc(C(C(=O)Nc2c(C)cccc2C)N(C(=O)C(CO)NC(=O)OC(C)(C)C)C(C)C)c1. The molecule has 2 aromatic carbocycles. The molecule has 0 bridgehead atoms. The molecule has 0 saturated heterocycles. The first-order chi connectivity index (χ1) is 17.3. The fraction of sp³-hybridized carbons (Fsp3) is 0.414. The van der Waals surface area contributed by atoms with E-state index in [1.54, 1.807) is 58.9 Å². The molecule has 0 saturated carbocycles. The number of aliphatic hydroxyl groups excluding tert-OH is 1. The largest absolute Gasteiger partial charge is 0.444 e. The summed E-state index contributed by atoms with van der Waals surface area (Å²) in [6.07, 6.45) is 0.820. The van der Waals surface area contributed by atoms with E-state index in [0.717, 1.165) is 16.7 Å². The van der Waals surface area contributed by atoms with Crippen molar-refractivity contribution in [3.63, 3.8) is 0 Å². The molecule has 3 N–H and O–H groups in total. The maximum absolute atomic E-state index is 13.9. The highest BCUT2D eigenvalue weighted by molar-refractivity contribution is 6.00. The third-order valence-electron chi connectivity index (χ3n) is 5.70. The molecule has 2 rings (SSSR count). The standard InChI is InChI=1S/C29H39N3O5/c1-9-21-14-11-15-22(16-21)25(26(34)31-24-19(4)12-10-13-20(24)5)32(18(2)3)27(35)23(17-33)30-28(36)37-29(6,7)8/h9-16,18,23,25,33H,1,17H2,2-8H3,(H,30,36)(H,31,34). The van der Waals surface area contributed by atoms with Crippen LogP contribution < -0.4 is 10.6 Å². The van der Waals surface area contributed by atoms with Crippen molar-refractivity contribution in [2.75, 3.05) is 11.9 Å². The minimum Gasteiger partial charge on any atom is -0.444 e. The molecule has 0 radical (unpaired) electrons. The highest BCUT2D eigenvalue weighted by Gasteiger charge is 2.38. The number of carbonyl (C=O) groups excluding carboxylic acids is 3. The Bertz CT molecular complexity index is 1120. The molecule has 3 amide bonds. The number of aryl methyl sites for hydroxylation is 2. The molecule has 0 spiro atoms. The topological polar surface area (TPSA) is 108 Å². The van der Waals surface area contributed by atoms with E-state index in [2.05, 4.69) is 17.2 Å². The van der Waals surface area contributed by atoms with Gasteiger partial charge in [-0.05, 0) is 76.8 Å². The molecule has 0 aliphatic heterocycles. The Balaban J connectivity index is 2.54. The number of ether oxygens (including phenoxy) is 1. The number of carbonyl (C=O) groups is 3. The van der Waals surface area contributed by atoms with Crippen LogP contribution in [0.2, 0.25) is 0 Å². The van der Waals surface area contributed by atoms with Gasteiger partial charge in [0.05, 0.1) is 6.61 Å². The molecule has 8 nitrogen and oxygen atoms in total. The van der Waals surface area contributed by atoms with Crippen molar-refractivity contribution in [1.29, 1.82) is 0 Å². The smallest absolute Gasteiger partial charge is 0.408 e. The maximum Gasteiger partial charge on any atom is 0.408 e. The van der Waals surface area contributed by atoms with Crippen LogP contribution in [0.25, 0.3) is 6.08 Å². The monoisotopic (exact) mass is 509 g/mol. The number of hydrogen-bond acceptors (Lipinski definition) is 5. The van der Waals surface area contributed by atoms with Crippen molar-refractivity contribution in [2.45, 2.75) is 72.2 Å². The van der Waals surface area contributed by atoms with Gasteiger partial charge in [-0.2, -0.15) is 0 Å². The second-order valence-corrected chi connectivity index (χ2v) is 10.3. The quantitative estimate of drug-likeness (QED) is 0.452. The predicted octanol–water partition coefficient (Wildman–Crippen LogP) is 4.75. The fourth-order valence-electron chi connectivity index (χ4n) is 3.99. The van der Waals surface area contributed by atoms with Gasteiger partial charge in [0, 0.05) is 11.7 Å². The number of alkyl carbamates (subject to hydrolysis) is 1. The number of amides is 3. The summed E-state index contributed by atoms with van der Waals surface area (Å²) in [6.45, 7) is 15.6. The number of rotatable bonds is 9. The summed E-state index contributed by atoms with van der Waals surface area (Å²) in [5.74, 6) is -1.04. The van der Waals surface area contributed by atoms with Crippen molar-refractivity contribution in [2.24, 2.45) is 0 Å². The van der Waals surface area contributed by atoms with E-state index >= 15 is 0 Å². The Morgan fingerprint density at radius 1 is 1.08 bits per heavy atom. The summed E-state index contributed by atoms with van der Waals surface area (Å²) in [4.78, 5) is 41.4. The minimum atomic E-state index is -1.31. The molecule has 0 aromatic heterocycles. The summed E-state index contributed by atoms with van der Waals surface area (Å²) in [7, 11) is 0. The second-order valence-electron chi connectivity index (χ2n) is 10.3. The Kier molecular flexibility index (Phi) is 10.0. The lowest BCUT2D eigenvalue weighted by Crippen LogP contribution is -2.55.